The van der Waals surface area contributed by atoms with Crippen LogP contribution in [0.5, 0.6) is 5.75 Å². The normalized spacial score (nSPS) is 20.4. The molecule has 2 aliphatic heterocycles. The van der Waals surface area contributed by atoms with E-state index in [2.05, 4.69) is 15.1 Å². The number of carbonyl (C=O) groups is 3. The molecule has 1 fully saturated rings. The van der Waals surface area contributed by atoms with Gasteiger partial charge in [0.2, 0.25) is 11.8 Å². The summed E-state index contributed by atoms with van der Waals surface area (Å²) in [5.41, 5.74) is 2.50. The molecule has 0 saturated carbocycles. The lowest BCUT2D eigenvalue weighted by Crippen LogP contribution is -2.47. The predicted molar refractivity (Wildman–Crippen MR) is 162 cm³/mol. The van der Waals surface area contributed by atoms with E-state index in [1.165, 1.54) is 0 Å². The van der Waals surface area contributed by atoms with Gasteiger partial charge in [0.15, 0.2) is 0 Å². The molecular weight excluding hydrogens is 552 g/mol. The molecule has 3 N–H and O–H groups in total. The van der Waals surface area contributed by atoms with E-state index in [1.807, 2.05) is 45.2 Å². The van der Waals surface area contributed by atoms with Gasteiger partial charge >= 0.3 is 5.97 Å². The molecule has 2 aliphatic rings. The van der Waals surface area contributed by atoms with Gasteiger partial charge in [-0.05, 0) is 49.9 Å². The van der Waals surface area contributed by atoms with Crippen molar-refractivity contribution < 1.29 is 34.1 Å². The van der Waals surface area contributed by atoms with E-state index in [0.29, 0.717) is 62.8 Å². The molecule has 0 aliphatic carbocycles. The standard InChI is InChI=1S/C32H44N4O7/c1-22-18-36(23(2)21-37)31(39)17-26-16-27(33-30(38)10-11-35-12-14-42-15-13-35)8-9-28(26)43-29(22)20-34(3)19-24-4-6-25(7-5-24)32(40)41/h4-9,16,22-23,29,37H,10-15,17-21H2,1-3H3,(H,33,38)(H,40,41)/t22-,23-,29+/m0/s1. The van der Waals surface area contributed by atoms with Crippen LogP contribution < -0.4 is 10.1 Å². The largest absolute Gasteiger partial charge is 0.488 e. The van der Waals surface area contributed by atoms with Crippen molar-refractivity contribution in [3.8, 4) is 5.75 Å². The lowest BCUT2D eigenvalue weighted by Gasteiger charge is -2.34. The van der Waals surface area contributed by atoms with Crippen molar-refractivity contribution in [2.45, 2.75) is 45.4 Å². The summed E-state index contributed by atoms with van der Waals surface area (Å²) in [6.07, 6.45) is 0.164. The van der Waals surface area contributed by atoms with Crippen molar-refractivity contribution >= 4 is 23.5 Å². The first-order valence-electron chi connectivity index (χ1n) is 14.9. The number of amides is 2. The smallest absolute Gasteiger partial charge is 0.335 e. The number of fused-ring (bicyclic) bond motifs is 1. The molecule has 0 unspecified atom stereocenters. The third-order valence-corrected chi connectivity index (χ3v) is 8.10. The van der Waals surface area contributed by atoms with Crippen molar-refractivity contribution in [1.82, 2.24) is 14.7 Å². The maximum absolute atomic E-state index is 13.5. The van der Waals surface area contributed by atoms with Crippen molar-refractivity contribution in [3.05, 3.63) is 59.2 Å². The molecule has 0 radical (unpaired) electrons. The summed E-state index contributed by atoms with van der Waals surface area (Å²) in [7, 11) is 1.98. The Morgan fingerprint density at radius 1 is 1.14 bits per heavy atom. The van der Waals surface area contributed by atoms with Gasteiger partial charge in [-0.2, -0.15) is 0 Å². The fourth-order valence-corrected chi connectivity index (χ4v) is 5.47. The topological polar surface area (TPSA) is 132 Å². The monoisotopic (exact) mass is 596 g/mol. The van der Waals surface area contributed by atoms with Crippen LogP contribution in [0.2, 0.25) is 0 Å². The fourth-order valence-electron chi connectivity index (χ4n) is 5.47. The molecule has 2 aromatic carbocycles. The molecule has 0 spiro atoms. The molecule has 11 nitrogen and oxygen atoms in total. The minimum Gasteiger partial charge on any atom is -0.488 e. The Balaban J connectivity index is 1.49. The summed E-state index contributed by atoms with van der Waals surface area (Å²) in [5.74, 6) is -0.629. The second kappa shape index (κ2) is 15.3. The molecule has 0 bridgehead atoms. The van der Waals surface area contributed by atoms with Gasteiger partial charge in [-0.15, -0.1) is 0 Å². The van der Waals surface area contributed by atoms with Gasteiger partial charge in [-0.3, -0.25) is 19.4 Å². The van der Waals surface area contributed by atoms with E-state index < -0.39 is 5.97 Å². The number of likely N-dealkylation sites (N-methyl/N-ethyl adjacent to an activating group) is 1. The van der Waals surface area contributed by atoms with E-state index in [-0.39, 0.29) is 48.5 Å². The Morgan fingerprint density at radius 3 is 2.53 bits per heavy atom. The zero-order valence-corrected chi connectivity index (χ0v) is 25.3. The number of nitrogens with zero attached hydrogens (tertiary/aromatic N) is 3. The zero-order chi connectivity index (χ0) is 30.9. The van der Waals surface area contributed by atoms with Crippen LogP contribution in [0, 0.1) is 5.92 Å². The first kappa shape index (κ1) is 32.4. The number of morpholine rings is 1. The van der Waals surface area contributed by atoms with Crippen molar-refractivity contribution in [2.24, 2.45) is 5.92 Å². The van der Waals surface area contributed by atoms with Crippen LogP contribution >= 0.6 is 0 Å². The third kappa shape index (κ3) is 9.24. The summed E-state index contributed by atoms with van der Waals surface area (Å²) in [6.45, 7) is 8.95. The first-order valence-corrected chi connectivity index (χ1v) is 14.9. The highest BCUT2D eigenvalue weighted by molar-refractivity contribution is 5.91. The summed E-state index contributed by atoms with van der Waals surface area (Å²) < 4.78 is 12.0. The molecule has 234 valence electrons. The van der Waals surface area contributed by atoms with Gasteiger partial charge in [0.25, 0.3) is 0 Å². The summed E-state index contributed by atoms with van der Waals surface area (Å²) in [5, 5.41) is 22.1. The number of anilines is 1. The number of nitrogens with one attached hydrogen (secondary N) is 1. The fraction of sp³-hybridized carbons (Fsp3) is 0.531. The Hall–Kier alpha value is -3.51. The van der Waals surface area contributed by atoms with Crippen LogP contribution in [0.3, 0.4) is 0 Å². The number of carboxylic acid groups (broad SMARTS) is 1. The number of aromatic carboxylic acids is 1. The number of hydrogen-bond donors (Lipinski definition) is 3. The summed E-state index contributed by atoms with van der Waals surface area (Å²) in [4.78, 5) is 43.5. The van der Waals surface area contributed by atoms with Gasteiger partial charge in [-0.1, -0.05) is 19.1 Å². The molecule has 4 rings (SSSR count). The van der Waals surface area contributed by atoms with Crippen LogP contribution in [0.4, 0.5) is 5.69 Å². The number of benzene rings is 2. The number of aliphatic hydroxyl groups is 1. The number of hydrogen-bond acceptors (Lipinski definition) is 8. The highest BCUT2D eigenvalue weighted by Gasteiger charge is 2.31. The van der Waals surface area contributed by atoms with Crippen molar-refractivity contribution in [2.75, 3.05) is 64.9 Å². The number of carbonyl (C=O) groups excluding carboxylic acids is 2. The molecular formula is C32H44N4O7. The van der Waals surface area contributed by atoms with Crippen LogP contribution in [0.1, 0.15) is 41.8 Å². The van der Waals surface area contributed by atoms with Gasteiger partial charge in [-0.25, -0.2) is 4.79 Å². The van der Waals surface area contributed by atoms with E-state index in [0.717, 1.165) is 18.7 Å². The van der Waals surface area contributed by atoms with Gasteiger partial charge in [0.05, 0.1) is 37.8 Å². The van der Waals surface area contributed by atoms with Crippen LogP contribution in [-0.4, -0.2) is 114 Å². The maximum atomic E-state index is 13.5. The molecule has 0 aromatic heterocycles. The molecule has 1 saturated heterocycles. The van der Waals surface area contributed by atoms with E-state index in [1.54, 1.807) is 23.1 Å². The minimum absolute atomic E-state index is 0.0553. The van der Waals surface area contributed by atoms with E-state index in [9.17, 15) is 24.6 Å². The molecule has 3 atom stereocenters. The Kier molecular flexibility index (Phi) is 11.5. The first-order chi connectivity index (χ1) is 20.6. The second-order valence-corrected chi connectivity index (χ2v) is 11.7. The number of ether oxygens (including phenoxy) is 2. The van der Waals surface area contributed by atoms with E-state index >= 15 is 0 Å². The number of carboxylic acids is 1. The Bertz CT molecular complexity index is 1250. The molecule has 2 amide bonds. The molecule has 11 heteroatoms. The third-order valence-electron chi connectivity index (χ3n) is 8.10. The molecule has 43 heavy (non-hydrogen) atoms. The second-order valence-electron chi connectivity index (χ2n) is 11.7. The Morgan fingerprint density at radius 2 is 1.86 bits per heavy atom. The lowest BCUT2D eigenvalue weighted by atomic mass is 10.0. The summed E-state index contributed by atoms with van der Waals surface area (Å²) in [6, 6.07) is 11.9. The van der Waals surface area contributed by atoms with E-state index in [4.69, 9.17) is 9.47 Å². The number of aliphatic hydroxyl groups excluding tert-OH is 1. The number of rotatable bonds is 11. The van der Waals surface area contributed by atoms with Gasteiger partial charge in [0.1, 0.15) is 11.9 Å². The Labute approximate surface area is 253 Å². The predicted octanol–water partition coefficient (Wildman–Crippen LogP) is 2.33. The lowest BCUT2D eigenvalue weighted by molar-refractivity contribution is -0.134. The quantitative estimate of drug-likeness (QED) is 0.358. The highest BCUT2D eigenvalue weighted by atomic mass is 16.5. The highest BCUT2D eigenvalue weighted by Crippen LogP contribution is 2.29. The van der Waals surface area contributed by atoms with Crippen molar-refractivity contribution in [1.29, 1.82) is 0 Å². The van der Waals surface area contributed by atoms with Crippen LogP contribution in [0.25, 0.3) is 0 Å². The van der Waals surface area contributed by atoms with Gasteiger partial charge in [0, 0.05) is 62.9 Å². The molecule has 2 heterocycles. The maximum Gasteiger partial charge on any atom is 0.335 e. The van der Waals surface area contributed by atoms with Gasteiger partial charge < -0.3 is 29.9 Å². The van der Waals surface area contributed by atoms with Crippen LogP contribution in [0.15, 0.2) is 42.5 Å². The zero-order valence-electron chi connectivity index (χ0n) is 25.3. The summed E-state index contributed by atoms with van der Waals surface area (Å²) >= 11 is 0. The average molecular weight is 597 g/mol. The van der Waals surface area contributed by atoms with Crippen LogP contribution in [-0.2, 0) is 27.3 Å². The minimum atomic E-state index is -0.960. The van der Waals surface area contributed by atoms with Crippen molar-refractivity contribution in [3.63, 3.8) is 0 Å². The average Bonchev–Trinajstić information content (AvgIpc) is 3.04. The molecule has 2 aromatic rings. The SMILES string of the molecule is C[C@H]1CN([C@@H](C)CO)C(=O)Cc2cc(NC(=O)CCN3CCOCC3)ccc2O[C@@H]1CN(C)Cc1ccc(C(=O)O)cc1.